The number of amides is 1. The van der Waals surface area contributed by atoms with E-state index in [9.17, 15) is 18.4 Å². The van der Waals surface area contributed by atoms with Crippen molar-refractivity contribution in [3.63, 3.8) is 0 Å². The van der Waals surface area contributed by atoms with Crippen molar-refractivity contribution in [2.45, 2.75) is 19.5 Å². The number of hydrogen-bond acceptors (Lipinski definition) is 3. The summed E-state index contributed by atoms with van der Waals surface area (Å²) >= 11 is 12.4. The van der Waals surface area contributed by atoms with Crippen LogP contribution in [0.25, 0.3) is 0 Å². The van der Waals surface area contributed by atoms with Gasteiger partial charge in [0.2, 0.25) is 0 Å². The number of aromatic carboxylic acids is 1. The quantitative estimate of drug-likeness (QED) is 0.502. The molecule has 0 aliphatic heterocycles. The number of carboxylic acids is 1. The second kappa shape index (κ2) is 9.41. The molecule has 5 nitrogen and oxygen atoms in total. The largest absolute Gasteiger partial charge is 0.477 e. The molecule has 0 fully saturated rings. The van der Waals surface area contributed by atoms with Crippen molar-refractivity contribution in [2.75, 3.05) is 0 Å². The van der Waals surface area contributed by atoms with Gasteiger partial charge in [0.25, 0.3) is 5.91 Å². The fourth-order valence-electron chi connectivity index (χ4n) is 3.08. The van der Waals surface area contributed by atoms with Crippen LogP contribution in [0.15, 0.2) is 54.7 Å². The number of rotatable bonds is 6. The lowest BCUT2D eigenvalue weighted by Gasteiger charge is -2.30. The molecule has 1 amide bonds. The number of carboxylic acid groups (broad SMARTS) is 1. The van der Waals surface area contributed by atoms with Gasteiger partial charge in [-0.1, -0.05) is 41.4 Å². The number of hydrogen-bond donors (Lipinski definition) is 1. The summed E-state index contributed by atoms with van der Waals surface area (Å²) in [4.78, 5) is 29.5. The number of benzene rings is 2. The number of pyridine rings is 1. The molecular formula is C22H16Cl2F2N2O3. The van der Waals surface area contributed by atoms with E-state index < -0.39 is 29.6 Å². The highest BCUT2D eigenvalue weighted by Crippen LogP contribution is 2.34. The number of carbonyl (C=O) groups excluding carboxylic acids is 1. The minimum atomic E-state index is -1.19. The number of aromatic nitrogens is 1. The third-order valence-corrected chi connectivity index (χ3v) is 5.50. The van der Waals surface area contributed by atoms with Crippen LogP contribution in [0.5, 0.6) is 0 Å². The summed E-state index contributed by atoms with van der Waals surface area (Å²) in [5.74, 6) is -3.61. The van der Waals surface area contributed by atoms with Gasteiger partial charge < -0.3 is 10.0 Å². The molecule has 0 bridgehead atoms. The maximum atomic E-state index is 13.7. The van der Waals surface area contributed by atoms with Crippen LogP contribution in [0.1, 0.15) is 44.9 Å². The molecule has 1 aromatic heterocycles. The third-order valence-electron chi connectivity index (χ3n) is 4.67. The molecule has 0 aliphatic carbocycles. The SMILES string of the molecule is C[C@@H](c1cccc(Cl)c1Cl)N(Cc1ccc(C(=O)O)nc1)C(=O)c1cc(F)cc(F)c1. The molecule has 0 saturated heterocycles. The fourth-order valence-corrected chi connectivity index (χ4v) is 3.55. The summed E-state index contributed by atoms with van der Waals surface area (Å²) in [7, 11) is 0. The van der Waals surface area contributed by atoms with Gasteiger partial charge in [-0.2, -0.15) is 0 Å². The average Bonchev–Trinajstić information content (AvgIpc) is 2.72. The van der Waals surface area contributed by atoms with Crippen LogP contribution in [0.3, 0.4) is 0 Å². The van der Waals surface area contributed by atoms with Crippen LogP contribution in [-0.2, 0) is 6.54 Å². The minimum Gasteiger partial charge on any atom is -0.477 e. The van der Waals surface area contributed by atoms with Gasteiger partial charge in [-0.05, 0) is 42.3 Å². The van der Waals surface area contributed by atoms with Crippen LogP contribution in [0.2, 0.25) is 10.0 Å². The van der Waals surface area contributed by atoms with E-state index in [1.165, 1.54) is 23.2 Å². The summed E-state index contributed by atoms with van der Waals surface area (Å²) in [5, 5.41) is 9.56. The monoisotopic (exact) mass is 464 g/mol. The van der Waals surface area contributed by atoms with Crippen molar-refractivity contribution < 1.29 is 23.5 Å². The van der Waals surface area contributed by atoms with E-state index in [4.69, 9.17) is 28.3 Å². The zero-order valence-electron chi connectivity index (χ0n) is 16.2. The van der Waals surface area contributed by atoms with Crippen molar-refractivity contribution in [3.8, 4) is 0 Å². The molecule has 3 aromatic rings. The minimum absolute atomic E-state index is 0.0200. The first-order valence-electron chi connectivity index (χ1n) is 9.06. The van der Waals surface area contributed by atoms with Crippen LogP contribution in [0.4, 0.5) is 8.78 Å². The Balaban J connectivity index is 2.03. The molecule has 0 aliphatic rings. The van der Waals surface area contributed by atoms with E-state index in [2.05, 4.69) is 4.98 Å². The zero-order chi connectivity index (χ0) is 22.7. The highest BCUT2D eigenvalue weighted by molar-refractivity contribution is 6.42. The Labute approximate surface area is 186 Å². The highest BCUT2D eigenvalue weighted by atomic mass is 35.5. The van der Waals surface area contributed by atoms with Crippen LogP contribution in [0, 0.1) is 11.6 Å². The predicted octanol–water partition coefficient (Wildman–Crippen LogP) is 5.77. The van der Waals surface area contributed by atoms with Crippen molar-refractivity contribution in [1.29, 1.82) is 0 Å². The van der Waals surface area contributed by atoms with Crippen molar-refractivity contribution in [2.24, 2.45) is 0 Å². The Morgan fingerprint density at radius 2 is 1.77 bits per heavy atom. The number of halogens is 4. The van der Waals surface area contributed by atoms with Crippen molar-refractivity contribution in [3.05, 3.63) is 98.8 Å². The Bertz CT molecular complexity index is 1120. The molecular weight excluding hydrogens is 449 g/mol. The molecule has 0 unspecified atom stereocenters. The summed E-state index contributed by atoms with van der Waals surface area (Å²) in [6.07, 6.45) is 1.32. The normalized spacial score (nSPS) is 11.8. The lowest BCUT2D eigenvalue weighted by Crippen LogP contribution is -2.33. The predicted molar refractivity (Wildman–Crippen MR) is 112 cm³/mol. The topological polar surface area (TPSA) is 70.5 Å². The molecule has 1 N–H and O–H groups in total. The molecule has 1 heterocycles. The van der Waals surface area contributed by atoms with Gasteiger partial charge in [0.1, 0.15) is 17.3 Å². The fraction of sp³-hybridized carbons (Fsp3) is 0.136. The van der Waals surface area contributed by atoms with Gasteiger partial charge in [-0.25, -0.2) is 18.6 Å². The molecule has 3 rings (SSSR count). The summed E-state index contributed by atoms with van der Waals surface area (Å²) in [6.45, 7) is 1.68. The number of carbonyl (C=O) groups is 2. The number of nitrogens with zero attached hydrogens (tertiary/aromatic N) is 2. The van der Waals surface area contributed by atoms with Gasteiger partial charge >= 0.3 is 5.97 Å². The van der Waals surface area contributed by atoms with Crippen molar-refractivity contribution in [1.82, 2.24) is 9.88 Å². The molecule has 31 heavy (non-hydrogen) atoms. The molecule has 9 heteroatoms. The first-order chi connectivity index (χ1) is 14.7. The zero-order valence-corrected chi connectivity index (χ0v) is 17.7. The van der Waals surface area contributed by atoms with E-state index in [0.717, 1.165) is 12.1 Å². The Morgan fingerprint density at radius 1 is 1.10 bits per heavy atom. The Morgan fingerprint density at radius 3 is 2.35 bits per heavy atom. The van der Waals surface area contributed by atoms with Crippen LogP contribution >= 0.6 is 23.2 Å². The van der Waals surface area contributed by atoms with E-state index >= 15 is 0 Å². The standard InChI is InChI=1S/C22H16Cl2F2N2O3/c1-12(17-3-2-4-18(23)20(17)24)28(11-13-5-6-19(22(30)31)27-10-13)21(29)14-7-15(25)9-16(26)8-14/h2-10,12H,11H2,1H3,(H,30,31)/t12-/m0/s1. The second-order valence-electron chi connectivity index (χ2n) is 6.77. The highest BCUT2D eigenvalue weighted by Gasteiger charge is 2.26. The van der Waals surface area contributed by atoms with E-state index in [1.807, 2.05) is 0 Å². The first kappa shape index (κ1) is 22.7. The smallest absolute Gasteiger partial charge is 0.354 e. The van der Waals surface area contributed by atoms with E-state index in [-0.39, 0.29) is 22.8 Å². The second-order valence-corrected chi connectivity index (χ2v) is 7.55. The van der Waals surface area contributed by atoms with Gasteiger partial charge in [-0.3, -0.25) is 4.79 Å². The molecule has 0 radical (unpaired) electrons. The summed E-state index contributed by atoms with van der Waals surface area (Å²) < 4.78 is 27.4. The lowest BCUT2D eigenvalue weighted by molar-refractivity contribution is 0.0666. The van der Waals surface area contributed by atoms with Gasteiger partial charge in [0.05, 0.1) is 16.1 Å². The Hall–Kier alpha value is -3.03. The maximum absolute atomic E-state index is 13.7. The average molecular weight is 465 g/mol. The maximum Gasteiger partial charge on any atom is 0.354 e. The van der Waals surface area contributed by atoms with E-state index in [0.29, 0.717) is 22.2 Å². The molecule has 0 spiro atoms. The van der Waals surface area contributed by atoms with Crippen LogP contribution < -0.4 is 0 Å². The summed E-state index contributed by atoms with van der Waals surface area (Å²) in [6, 6.07) is 9.70. The van der Waals surface area contributed by atoms with Crippen LogP contribution in [-0.4, -0.2) is 26.9 Å². The molecule has 2 aromatic carbocycles. The van der Waals surface area contributed by atoms with Gasteiger partial charge in [0, 0.05) is 24.4 Å². The lowest BCUT2D eigenvalue weighted by atomic mass is 10.0. The van der Waals surface area contributed by atoms with Crippen molar-refractivity contribution >= 4 is 35.1 Å². The van der Waals surface area contributed by atoms with E-state index in [1.54, 1.807) is 25.1 Å². The molecule has 0 saturated carbocycles. The molecule has 160 valence electrons. The summed E-state index contributed by atoms with van der Waals surface area (Å²) in [5.41, 5.74) is 0.715. The van der Waals surface area contributed by atoms with Gasteiger partial charge in [0.15, 0.2) is 0 Å². The van der Waals surface area contributed by atoms with Gasteiger partial charge in [-0.15, -0.1) is 0 Å². The molecule has 1 atom stereocenters. The first-order valence-corrected chi connectivity index (χ1v) is 9.82. The Kier molecular flexibility index (Phi) is 6.87. The third kappa shape index (κ3) is 5.18.